The standard InChI is InChI=1S/C15H16B2/c1-10-2-3-11-7-12-4-5-15(17-16)9-14(12)8-13(11)6-10/h2-6,9,17H,7-8,16H2,1H3. The predicted octanol–water partition coefficient (Wildman–Crippen LogP) is 1.10. The van der Waals surface area contributed by atoms with E-state index in [1.807, 2.05) is 0 Å². The third-order valence-electron chi connectivity index (χ3n) is 3.80. The zero-order valence-electron chi connectivity index (χ0n) is 10.6. The Labute approximate surface area is 105 Å². The molecular weight excluding hydrogens is 202 g/mol. The summed E-state index contributed by atoms with van der Waals surface area (Å²) in [4.78, 5) is 0. The van der Waals surface area contributed by atoms with E-state index in [9.17, 15) is 0 Å². The maximum atomic E-state index is 2.39. The largest absolute Gasteiger partial charge is 0.118 e. The van der Waals surface area contributed by atoms with Gasteiger partial charge in [0.05, 0.1) is 7.74 Å². The Morgan fingerprint density at radius 1 is 0.882 bits per heavy atom. The highest BCUT2D eigenvalue weighted by Crippen LogP contribution is 2.26. The van der Waals surface area contributed by atoms with Crippen molar-refractivity contribution in [3.05, 3.63) is 64.2 Å². The van der Waals surface area contributed by atoms with Crippen LogP contribution in [-0.2, 0) is 12.8 Å². The van der Waals surface area contributed by atoms with Crippen LogP contribution in [0.3, 0.4) is 0 Å². The fourth-order valence-corrected chi connectivity index (χ4v) is 2.74. The van der Waals surface area contributed by atoms with Gasteiger partial charge in [-0.2, -0.15) is 0 Å². The number of fused-ring (bicyclic) bond motifs is 2. The lowest BCUT2D eigenvalue weighted by Gasteiger charge is -2.20. The molecule has 1 aliphatic rings. The maximum absolute atomic E-state index is 2.39. The molecule has 17 heavy (non-hydrogen) atoms. The fourth-order valence-electron chi connectivity index (χ4n) is 2.74. The van der Waals surface area contributed by atoms with Gasteiger partial charge in [-0.15, -0.1) is 0 Å². The molecule has 3 rings (SSSR count). The summed E-state index contributed by atoms with van der Waals surface area (Å²) >= 11 is 0. The molecular formula is C15H16B2. The number of benzene rings is 2. The van der Waals surface area contributed by atoms with Crippen molar-refractivity contribution in [1.29, 1.82) is 0 Å². The van der Waals surface area contributed by atoms with Crippen LogP contribution in [0.25, 0.3) is 0 Å². The van der Waals surface area contributed by atoms with Crippen LogP contribution in [0.4, 0.5) is 0 Å². The highest BCUT2D eigenvalue weighted by molar-refractivity contribution is 6.97. The van der Waals surface area contributed by atoms with Crippen molar-refractivity contribution in [2.24, 2.45) is 0 Å². The van der Waals surface area contributed by atoms with Gasteiger partial charge in [0.2, 0.25) is 0 Å². The number of rotatable bonds is 1. The molecule has 0 bridgehead atoms. The molecule has 0 unspecified atom stereocenters. The summed E-state index contributed by atoms with van der Waals surface area (Å²) in [5, 5.41) is 0. The summed E-state index contributed by atoms with van der Waals surface area (Å²) < 4.78 is 0. The van der Waals surface area contributed by atoms with Gasteiger partial charge in [-0.25, -0.2) is 0 Å². The predicted molar refractivity (Wildman–Crippen MR) is 78.6 cm³/mol. The van der Waals surface area contributed by atoms with Crippen LogP contribution < -0.4 is 5.46 Å². The van der Waals surface area contributed by atoms with Crippen LogP contribution in [0.1, 0.15) is 27.8 Å². The highest BCUT2D eigenvalue weighted by atomic mass is 14.2. The summed E-state index contributed by atoms with van der Waals surface area (Å²) in [5.41, 5.74) is 8.90. The Morgan fingerprint density at radius 2 is 1.53 bits per heavy atom. The van der Waals surface area contributed by atoms with Crippen LogP contribution >= 0.6 is 0 Å². The molecule has 0 heterocycles. The second-order valence-electron chi connectivity index (χ2n) is 5.08. The van der Waals surface area contributed by atoms with Gasteiger partial charge in [0.25, 0.3) is 0 Å². The van der Waals surface area contributed by atoms with Gasteiger partial charge in [-0.3, -0.25) is 0 Å². The quantitative estimate of drug-likeness (QED) is 0.536. The van der Waals surface area contributed by atoms with Gasteiger partial charge in [-0.05, 0) is 42.0 Å². The normalized spacial score (nSPS) is 12.8. The molecule has 0 N–H and O–H groups in total. The number of hydrogen-bond acceptors (Lipinski definition) is 0. The van der Waals surface area contributed by atoms with Crippen LogP contribution in [-0.4, -0.2) is 14.9 Å². The molecule has 0 amide bonds. The van der Waals surface area contributed by atoms with Crippen molar-refractivity contribution < 1.29 is 0 Å². The van der Waals surface area contributed by atoms with E-state index in [1.165, 1.54) is 33.3 Å². The summed E-state index contributed by atoms with van der Waals surface area (Å²) in [6, 6.07) is 13.8. The van der Waals surface area contributed by atoms with Gasteiger partial charge >= 0.3 is 0 Å². The third kappa shape index (κ3) is 1.93. The first-order valence-corrected chi connectivity index (χ1v) is 6.45. The van der Waals surface area contributed by atoms with Crippen molar-refractivity contribution in [3.63, 3.8) is 0 Å². The lowest BCUT2D eigenvalue weighted by atomic mass is 9.51. The van der Waals surface area contributed by atoms with Crippen molar-refractivity contribution in [1.82, 2.24) is 0 Å². The lowest BCUT2D eigenvalue weighted by Crippen LogP contribution is -2.18. The van der Waals surface area contributed by atoms with Gasteiger partial charge in [0, 0.05) is 0 Å². The second kappa shape index (κ2) is 4.10. The number of hydrogen-bond donors (Lipinski definition) is 0. The Balaban J connectivity index is 2.05. The highest BCUT2D eigenvalue weighted by Gasteiger charge is 2.15. The van der Waals surface area contributed by atoms with E-state index in [-0.39, 0.29) is 0 Å². The molecule has 0 aromatic heterocycles. The smallest absolute Gasteiger partial charge is 0.0931 e. The molecule has 0 saturated heterocycles. The van der Waals surface area contributed by atoms with Gasteiger partial charge in [-0.1, -0.05) is 47.4 Å². The SMILES string of the molecule is BBc1ccc2c(c1)Cc1cc(C)ccc1C2. The average Bonchev–Trinajstić information content (AvgIpc) is 2.35. The van der Waals surface area contributed by atoms with Crippen molar-refractivity contribution in [2.75, 3.05) is 0 Å². The van der Waals surface area contributed by atoms with E-state index < -0.39 is 0 Å². The van der Waals surface area contributed by atoms with E-state index in [1.54, 1.807) is 0 Å². The average molecular weight is 218 g/mol. The Bertz CT molecular complexity index is 573. The molecule has 0 atom stereocenters. The van der Waals surface area contributed by atoms with Crippen LogP contribution in [0.2, 0.25) is 0 Å². The first kappa shape index (κ1) is 10.7. The summed E-state index contributed by atoms with van der Waals surface area (Å²) in [6.45, 7) is 2.18. The summed E-state index contributed by atoms with van der Waals surface area (Å²) in [7, 11) is 3.36. The monoisotopic (exact) mass is 218 g/mol. The van der Waals surface area contributed by atoms with Gasteiger partial charge in [0.15, 0.2) is 0 Å². The number of aryl methyl sites for hydroxylation is 1. The van der Waals surface area contributed by atoms with E-state index in [4.69, 9.17) is 0 Å². The topological polar surface area (TPSA) is 0 Å². The summed E-state index contributed by atoms with van der Waals surface area (Å²) in [5.74, 6) is 0. The maximum Gasteiger partial charge on any atom is 0.118 e. The van der Waals surface area contributed by atoms with Crippen LogP contribution in [0.15, 0.2) is 36.4 Å². The molecule has 0 saturated carbocycles. The fraction of sp³-hybridized carbons (Fsp3) is 0.200. The first-order valence-electron chi connectivity index (χ1n) is 6.45. The molecule has 2 heteroatoms. The molecule has 82 valence electrons. The van der Waals surface area contributed by atoms with E-state index >= 15 is 0 Å². The molecule has 2 aromatic carbocycles. The first-order chi connectivity index (χ1) is 8.26. The molecule has 0 nitrogen and oxygen atoms in total. The van der Waals surface area contributed by atoms with E-state index in [2.05, 4.69) is 51.1 Å². The van der Waals surface area contributed by atoms with E-state index in [0.29, 0.717) is 0 Å². The van der Waals surface area contributed by atoms with Crippen molar-refractivity contribution >= 4 is 20.4 Å². The molecule has 2 aromatic rings. The van der Waals surface area contributed by atoms with Gasteiger partial charge < -0.3 is 0 Å². The second-order valence-corrected chi connectivity index (χ2v) is 5.08. The minimum atomic E-state index is 1.11. The summed E-state index contributed by atoms with van der Waals surface area (Å²) in [6.07, 6.45) is 2.22. The molecule has 0 fully saturated rings. The third-order valence-corrected chi connectivity index (χ3v) is 3.80. The molecule has 1 aliphatic carbocycles. The Hall–Kier alpha value is -1.43. The molecule has 0 radical (unpaired) electrons. The Kier molecular flexibility index (Phi) is 2.58. The van der Waals surface area contributed by atoms with Crippen molar-refractivity contribution in [3.8, 4) is 0 Å². The Morgan fingerprint density at radius 3 is 2.29 bits per heavy atom. The minimum Gasteiger partial charge on any atom is -0.0931 e. The van der Waals surface area contributed by atoms with Crippen molar-refractivity contribution in [2.45, 2.75) is 19.8 Å². The molecule has 0 aliphatic heterocycles. The van der Waals surface area contributed by atoms with Gasteiger partial charge in [0.1, 0.15) is 7.17 Å². The minimum absolute atomic E-state index is 1.11. The van der Waals surface area contributed by atoms with Crippen LogP contribution in [0.5, 0.6) is 0 Å². The van der Waals surface area contributed by atoms with E-state index in [0.717, 1.165) is 20.0 Å². The lowest BCUT2D eigenvalue weighted by molar-refractivity contribution is 0.999. The molecule has 0 spiro atoms. The van der Waals surface area contributed by atoms with Crippen LogP contribution in [0, 0.1) is 6.92 Å². The zero-order chi connectivity index (χ0) is 11.8. The zero-order valence-corrected chi connectivity index (χ0v) is 10.6.